The quantitative estimate of drug-likeness (QED) is 0.315. The van der Waals surface area contributed by atoms with Crippen LogP contribution in [0.25, 0.3) is 0 Å². The summed E-state index contributed by atoms with van der Waals surface area (Å²) in [6.07, 6.45) is -8.41. The van der Waals surface area contributed by atoms with Crippen molar-refractivity contribution in [2.75, 3.05) is 11.9 Å². The van der Waals surface area contributed by atoms with E-state index in [1.54, 1.807) is 6.92 Å². The molecule has 3 rings (SSSR count). The van der Waals surface area contributed by atoms with E-state index < -0.39 is 40.3 Å². The van der Waals surface area contributed by atoms with Crippen LogP contribution in [0.2, 0.25) is 5.02 Å². The predicted octanol–water partition coefficient (Wildman–Crippen LogP) is 7.21. The molecule has 0 radical (unpaired) electrons. The first kappa shape index (κ1) is 27.1. The van der Waals surface area contributed by atoms with E-state index in [4.69, 9.17) is 16.9 Å². The van der Waals surface area contributed by atoms with Gasteiger partial charge in [0.15, 0.2) is 0 Å². The van der Waals surface area contributed by atoms with Crippen molar-refractivity contribution in [3.05, 3.63) is 58.6 Å². The van der Waals surface area contributed by atoms with Gasteiger partial charge in [0.1, 0.15) is 5.75 Å². The highest BCUT2D eigenvalue weighted by molar-refractivity contribution is 6.32. The van der Waals surface area contributed by atoms with Crippen LogP contribution in [0.4, 0.5) is 36.8 Å². The van der Waals surface area contributed by atoms with Crippen molar-refractivity contribution in [3.63, 3.8) is 0 Å². The number of unbranched alkanes of at least 4 members (excludes halogenated alkanes) is 1. The van der Waals surface area contributed by atoms with Crippen LogP contribution in [0.3, 0.4) is 0 Å². The molecule has 0 bridgehead atoms. The zero-order chi connectivity index (χ0) is 26.7. The molecule has 0 saturated carbocycles. The highest BCUT2D eigenvalue weighted by atomic mass is 35.5. The summed E-state index contributed by atoms with van der Waals surface area (Å²) in [5.41, 5.74) is -1.04. The Kier molecular flexibility index (Phi) is 7.73. The van der Waals surface area contributed by atoms with Crippen LogP contribution in [0.15, 0.2) is 47.6 Å². The number of hydrogen-bond donors (Lipinski definition) is 1. The van der Waals surface area contributed by atoms with Gasteiger partial charge in [-0.05, 0) is 54.8 Å². The Morgan fingerprint density at radius 3 is 2.42 bits per heavy atom. The second-order valence-electron chi connectivity index (χ2n) is 8.27. The van der Waals surface area contributed by atoms with Gasteiger partial charge in [0.2, 0.25) is 0 Å². The van der Waals surface area contributed by atoms with Gasteiger partial charge in [0, 0.05) is 17.5 Å². The fraction of sp³-hybridized carbons (Fsp3) is 0.348. The van der Waals surface area contributed by atoms with Gasteiger partial charge in [0.05, 0.1) is 28.9 Å². The van der Waals surface area contributed by atoms with Gasteiger partial charge in [-0.25, -0.2) is 9.80 Å². The van der Waals surface area contributed by atoms with Gasteiger partial charge in [-0.2, -0.15) is 23.5 Å². The first-order valence-electron chi connectivity index (χ1n) is 10.5. The number of rotatable bonds is 6. The Balaban J connectivity index is 1.85. The number of nitrogens with one attached hydrogen (secondary N) is 1. The molecule has 192 valence electrons. The number of alkyl halides is 6. The van der Waals surface area contributed by atoms with Crippen LogP contribution in [0, 0.1) is 16.7 Å². The fourth-order valence-corrected chi connectivity index (χ4v) is 4.07. The summed E-state index contributed by atoms with van der Waals surface area (Å²) in [7, 11) is 0. The second-order valence-corrected chi connectivity index (χ2v) is 8.68. The van der Waals surface area contributed by atoms with Gasteiger partial charge in [-0.3, -0.25) is 0 Å². The zero-order valence-corrected chi connectivity index (χ0v) is 19.4. The molecule has 6 nitrogen and oxygen atoms in total. The summed E-state index contributed by atoms with van der Waals surface area (Å²) >= 11 is 5.88. The normalized spacial score (nSPS) is 18.0. The van der Waals surface area contributed by atoms with Gasteiger partial charge in [-0.1, -0.05) is 24.6 Å². The monoisotopic (exact) mass is 532 g/mol. The first-order valence-corrected chi connectivity index (χ1v) is 10.9. The molecular weight excluding hydrogens is 514 g/mol. The van der Waals surface area contributed by atoms with Gasteiger partial charge >= 0.3 is 18.6 Å². The van der Waals surface area contributed by atoms with Crippen LogP contribution in [-0.4, -0.2) is 29.7 Å². The second kappa shape index (κ2) is 10.3. The van der Waals surface area contributed by atoms with Crippen LogP contribution < -0.4 is 10.1 Å². The minimum atomic E-state index is -4.86. The zero-order valence-electron chi connectivity index (χ0n) is 18.7. The molecule has 1 atom stereocenters. The highest BCUT2D eigenvalue weighted by Crippen LogP contribution is 2.39. The molecule has 2 amide bonds. The molecule has 36 heavy (non-hydrogen) atoms. The minimum absolute atomic E-state index is 0.0491. The van der Waals surface area contributed by atoms with Crippen molar-refractivity contribution in [2.24, 2.45) is 10.5 Å². The third-order valence-electron chi connectivity index (χ3n) is 5.43. The van der Waals surface area contributed by atoms with Gasteiger partial charge in [-0.15, -0.1) is 13.2 Å². The first-order chi connectivity index (χ1) is 16.7. The maximum absolute atomic E-state index is 13.1. The number of hydrazone groups is 1. The van der Waals surface area contributed by atoms with Crippen molar-refractivity contribution in [1.29, 1.82) is 5.26 Å². The molecule has 1 aliphatic heterocycles. The Labute approximate surface area is 207 Å². The lowest BCUT2D eigenvalue weighted by atomic mass is 9.78. The third-order valence-corrected chi connectivity index (χ3v) is 5.74. The highest BCUT2D eigenvalue weighted by Gasteiger charge is 2.42. The smallest absolute Gasteiger partial charge is 0.406 e. The lowest BCUT2D eigenvalue weighted by Crippen LogP contribution is -2.35. The topological polar surface area (TPSA) is 77.7 Å². The molecular formula is C23H19ClF6N4O2. The van der Waals surface area contributed by atoms with Crippen molar-refractivity contribution >= 4 is 29.0 Å². The lowest BCUT2D eigenvalue weighted by molar-refractivity contribution is -0.274. The van der Waals surface area contributed by atoms with E-state index in [-0.39, 0.29) is 24.2 Å². The largest absolute Gasteiger partial charge is 0.573 e. The van der Waals surface area contributed by atoms with Crippen LogP contribution in [0.5, 0.6) is 5.75 Å². The van der Waals surface area contributed by atoms with Crippen molar-refractivity contribution in [2.45, 2.75) is 38.7 Å². The molecule has 1 unspecified atom stereocenters. The number of carbonyl (C=O) groups excluding carboxylic acids is 1. The van der Waals surface area contributed by atoms with Crippen molar-refractivity contribution < 1.29 is 35.9 Å². The minimum Gasteiger partial charge on any atom is -0.406 e. The number of halogens is 7. The number of nitrogens with zero attached hydrogens (tertiary/aromatic N) is 3. The van der Waals surface area contributed by atoms with Crippen LogP contribution in [-0.2, 0) is 6.18 Å². The standard InChI is InChI=1S/C23H19ClF6N4O2/c1-21(10-2-3-11-31)13-34(20(35)32-15-5-7-16(8-6-15)36-23(28,29)30)33-19(21)14-4-9-17(18(24)12-14)22(25,26)27/h4-9,12H,2-3,10,13H2,1H3,(H,32,35). The summed E-state index contributed by atoms with van der Waals surface area (Å²) in [6, 6.07) is 8.97. The van der Waals surface area contributed by atoms with Crippen LogP contribution >= 0.6 is 11.6 Å². The number of amides is 2. The van der Waals surface area contributed by atoms with Gasteiger partial charge < -0.3 is 10.1 Å². The number of anilines is 1. The summed E-state index contributed by atoms with van der Waals surface area (Å²) in [4.78, 5) is 12.8. The molecule has 0 saturated heterocycles. The molecule has 0 aliphatic carbocycles. The average Bonchev–Trinajstić information content (AvgIpc) is 3.11. The Bertz CT molecular complexity index is 1190. The summed E-state index contributed by atoms with van der Waals surface area (Å²) in [6.45, 7) is 1.82. The fourth-order valence-electron chi connectivity index (χ4n) is 3.78. The molecule has 1 N–H and O–H groups in total. The summed E-state index contributed by atoms with van der Waals surface area (Å²) in [5, 5.41) is 16.3. The Hall–Kier alpha value is -3.46. The predicted molar refractivity (Wildman–Crippen MR) is 119 cm³/mol. The number of hydrogen-bond acceptors (Lipinski definition) is 4. The number of ether oxygens (including phenoxy) is 1. The van der Waals surface area contributed by atoms with E-state index in [9.17, 15) is 31.1 Å². The summed E-state index contributed by atoms with van der Waals surface area (Å²) in [5.74, 6) is -0.466. The van der Waals surface area contributed by atoms with E-state index in [0.29, 0.717) is 18.6 Å². The van der Waals surface area contributed by atoms with E-state index >= 15 is 0 Å². The molecule has 0 aromatic heterocycles. The molecule has 1 aliphatic rings. The molecule has 2 aromatic carbocycles. The van der Waals surface area contributed by atoms with Gasteiger partial charge in [0.25, 0.3) is 0 Å². The average molecular weight is 533 g/mol. The number of nitriles is 1. The van der Waals surface area contributed by atoms with Crippen molar-refractivity contribution in [1.82, 2.24) is 5.01 Å². The van der Waals surface area contributed by atoms with E-state index in [2.05, 4.69) is 15.2 Å². The Morgan fingerprint density at radius 2 is 1.86 bits per heavy atom. The maximum atomic E-state index is 13.1. The lowest BCUT2D eigenvalue weighted by Gasteiger charge is -2.26. The number of urea groups is 1. The molecule has 0 fully saturated rings. The number of carbonyl (C=O) groups is 1. The summed E-state index contributed by atoms with van der Waals surface area (Å²) < 4.78 is 80.1. The Morgan fingerprint density at radius 1 is 1.19 bits per heavy atom. The molecule has 1 heterocycles. The molecule has 2 aromatic rings. The van der Waals surface area contributed by atoms with E-state index in [1.807, 2.05) is 6.07 Å². The third kappa shape index (κ3) is 6.60. The SMILES string of the molecule is CC1(CCCC#N)CN(C(=O)Nc2ccc(OC(F)(F)F)cc2)N=C1c1ccc(C(F)(F)F)c(Cl)c1. The molecule has 13 heteroatoms. The van der Waals surface area contributed by atoms with Crippen molar-refractivity contribution in [3.8, 4) is 11.8 Å². The molecule has 0 spiro atoms. The van der Waals surface area contributed by atoms with E-state index in [0.717, 1.165) is 29.3 Å². The number of benzene rings is 2. The van der Waals surface area contributed by atoms with Crippen LogP contribution in [0.1, 0.15) is 37.3 Å². The van der Waals surface area contributed by atoms with E-state index in [1.165, 1.54) is 18.2 Å². The maximum Gasteiger partial charge on any atom is 0.573 e.